The lowest BCUT2D eigenvalue weighted by Crippen LogP contribution is -2.51. The molecule has 1 fully saturated rings. The Labute approximate surface area is 202 Å². The Morgan fingerprint density at radius 2 is 1.91 bits per heavy atom. The molecule has 0 spiro atoms. The number of primary amides is 1. The third-order valence-electron chi connectivity index (χ3n) is 5.79. The molecule has 0 unspecified atom stereocenters. The van der Waals surface area contributed by atoms with E-state index >= 15 is 0 Å². The maximum Gasteiger partial charge on any atom is 0.270 e. The number of benzene rings is 1. The first-order valence-corrected chi connectivity index (χ1v) is 12.2. The summed E-state index contributed by atoms with van der Waals surface area (Å²) in [4.78, 5) is 40.3. The molecule has 1 aliphatic carbocycles. The summed E-state index contributed by atoms with van der Waals surface area (Å²) in [6.07, 6.45) is 4.48. The number of carbonyl (C=O) groups is 3. The predicted octanol–water partition coefficient (Wildman–Crippen LogP) is 3.59. The number of nitrogen functional groups attached to an aromatic ring is 1. The van der Waals surface area contributed by atoms with Crippen LogP contribution in [-0.4, -0.2) is 39.1 Å². The van der Waals surface area contributed by atoms with Crippen LogP contribution in [-0.2, 0) is 11.3 Å². The van der Waals surface area contributed by atoms with Crippen molar-refractivity contribution in [2.75, 3.05) is 5.73 Å². The summed E-state index contributed by atoms with van der Waals surface area (Å²) in [7, 11) is 0. The van der Waals surface area contributed by atoms with Crippen molar-refractivity contribution in [1.82, 2.24) is 14.6 Å². The summed E-state index contributed by atoms with van der Waals surface area (Å²) in [6, 6.07) is 6.55. The molecule has 1 aromatic heterocycles. The van der Waals surface area contributed by atoms with Crippen molar-refractivity contribution in [1.29, 1.82) is 0 Å². The highest BCUT2D eigenvalue weighted by Gasteiger charge is 2.35. The van der Waals surface area contributed by atoms with E-state index in [2.05, 4.69) is 9.69 Å². The van der Waals surface area contributed by atoms with Crippen molar-refractivity contribution in [2.24, 2.45) is 11.7 Å². The van der Waals surface area contributed by atoms with Crippen molar-refractivity contribution in [3.63, 3.8) is 0 Å². The molecule has 33 heavy (non-hydrogen) atoms. The molecule has 0 radical (unpaired) electrons. The van der Waals surface area contributed by atoms with Gasteiger partial charge in [-0.2, -0.15) is 4.37 Å². The van der Waals surface area contributed by atoms with Gasteiger partial charge in [-0.15, -0.1) is 0 Å². The lowest BCUT2D eigenvalue weighted by molar-refractivity contribution is -0.127. The lowest BCUT2D eigenvalue weighted by atomic mass is 9.99. The van der Waals surface area contributed by atoms with E-state index in [9.17, 15) is 14.4 Å². The van der Waals surface area contributed by atoms with Gasteiger partial charge in [-0.25, -0.2) is 0 Å². The van der Waals surface area contributed by atoms with E-state index in [0.29, 0.717) is 17.0 Å². The second kappa shape index (κ2) is 11.0. The summed E-state index contributed by atoms with van der Waals surface area (Å²) < 4.78 is 3.96. The van der Waals surface area contributed by atoms with Gasteiger partial charge in [0.2, 0.25) is 5.91 Å². The molecule has 0 bridgehead atoms. The highest BCUT2D eigenvalue weighted by atomic mass is 35.5. The predicted molar refractivity (Wildman–Crippen MR) is 130 cm³/mol. The normalized spacial score (nSPS) is 14.9. The van der Waals surface area contributed by atoms with E-state index in [1.165, 1.54) is 4.90 Å². The van der Waals surface area contributed by atoms with Crippen LogP contribution in [0.2, 0.25) is 5.02 Å². The number of halogens is 1. The van der Waals surface area contributed by atoms with Gasteiger partial charge in [0, 0.05) is 17.6 Å². The van der Waals surface area contributed by atoms with Gasteiger partial charge in [0.15, 0.2) is 5.69 Å². The molecule has 0 saturated heterocycles. The van der Waals surface area contributed by atoms with Crippen LogP contribution in [0.25, 0.3) is 0 Å². The number of hydrogen-bond donors (Lipinski definition) is 3. The highest BCUT2D eigenvalue weighted by Crippen LogP contribution is 2.28. The summed E-state index contributed by atoms with van der Waals surface area (Å²) in [5, 5.41) is 3.62. The Morgan fingerprint density at radius 3 is 2.48 bits per heavy atom. The SMILES string of the molecule is CC(C)C[C@H](C(=O)NC1CCCC1)N(Cc1ccccc1Cl)C(=O)c1snc(C(N)=O)c1N. The summed E-state index contributed by atoms with van der Waals surface area (Å²) >= 11 is 7.19. The van der Waals surface area contributed by atoms with E-state index in [4.69, 9.17) is 23.1 Å². The standard InChI is InChI=1S/C23H30ClN5O3S/c1-13(2)11-17(22(31)27-15-8-4-5-9-15)29(12-14-7-3-6-10-16(14)24)23(32)20-18(25)19(21(26)30)28-33-20/h3,6-7,10,13,15,17H,4-5,8-9,11-12,25H2,1-2H3,(H2,26,30)(H,27,31)/t17-/m1/s1. The number of hydrogen-bond acceptors (Lipinski definition) is 6. The van der Waals surface area contributed by atoms with Crippen LogP contribution >= 0.6 is 23.1 Å². The van der Waals surface area contributed by atoms with Gasteiger partial charge >= 0.3 is 0 Å². The average Bonchev–Trinajstić information content (AvgIpc) is 3.40. The Hall–Kier alpha value is -2.65. The van der Waals surface area contributed by atoms with Crippen LogP contribution in [0, 0.1) is 5.92 Å². The monoisotopic (exact) mass is 491 g/mol. The molecule has 1 saturated carbocycles. The smallest absolute Gasteiger partial charge is 0.270 e. The maximum atomic E-state index is 13.7. The minimum atomic E-state index is -0.807. The first-order chi connectivity index (χ1) is 15.7. The van der Waals surface area contributed by atoms with Crippen molar-refractivity contribution >= 4 is 46.5 Å². The molecule has 0 aliphatic heterocycles. The van der Waals surface area contributed by atoms with Crippen LogP contribution in [0.3, 0.4) is 0 Å². The maximum absolute atomic E-state index is 13.7. The van der Waals surface area contributed by atoms with Gasteiger partial charge < -0.3 is 21.7 Å². The number of nitrogens with two attached hydrogens (primary N) is 2. The Bertz CT molecular complexity index is 1020. The van der Waals surface area contributed by atoms with Crippen molar-refractivity contribution in [3.8, 4) is 0 Å². The number of rotatable bonds is 9. The van der Waals surface area contributed by atoms with E-state index in [0.717, 1.165) is 37.2 Å². The molecular weight excluding hydrogens is 462 g/mol. The number of nitrogens with one attached hydrogen (secondary N) is 1. The van der Waals surface area contributed by atoms with Crippen LogP contribution < -0.4 is 16.8 Å². The molecule has 1 aliphatic rings. The first-order valence-electron chi connectivity index (χ1n) is 11.1. The molecule has 8 nitrogen and oxygen atoms in total. The fourth-order valence-electron chi connectivity index (χ4n) is 4.08. The molecule has 3 amide bonds. The van der Waals surface area contributed by atoms with E-state index < -0.39 is 17.9 Å². The zero-order valence-electron chi connectivity index (χ0n) is 18.8. The second-order valence-electron chi connectivity index (χ2n) is 8.80. The number of aromatic nitrogens is 1. The molecule has 10 heteroatoms. The Kier molecular flexibility index (Phi) is 8.31. The molecule has 3 rings (SSSR count). The van der Waals surface area contributed by atoms with E-state index in [1.54, 1.807) is 12.1 Å². The Morgan fingerprint density at radius 1 is 1.24 bits per heavy atom. The minimum Gasteiger partial charge on any atom is -0.395 e. The quantitative estimate of drug-likeness (QED) is 0.493. The highest BCUT2D eigenvalue weighted by molar-refractivity contribution is 7.09. The average molecular weight is 492 g/mol. The molecular formula is C23H30ClN5O3S. The molecule has 1 atom stereocenters. The van der Waals surface area contributed by atoms with Crippen LogP contribution in [0.4, 0.5) is 5.69 Å². The van der Waals surface area contributed by atoms with Gasteiger partial charge in [0.05, 0.1) is 5.69 Å². The summed E-state index contributed by atoms with van der Waals surface area (Å²) in [5.74, 6) is -1.34. The summed E-state index contributed by atoms with van der Waals surface area (Å²) in [5.41, 5.74) is 11.9. The van der Waals surface area contributed by atoms with Gasteiger partial charge in [0.1, 0.15) is 10.9 Å². The third-order valence-corrected chi connectivity index (χ3v) is 7.01. The topological polar surface area (TPSA) is 131 Å². The molecule has 178 valence electrons. The van der Waals surface area contributed by atoms with E-state index in [1.807, 2.05) is 26.0 Å². The molecule has 1 heterocycles. The minimum absolute atomic E-state index is 0.0684. The Balaban J connectivity index is 2.00. The molecule has 1 aromatic carbocycles. The summed E-state index contributed by atoms with van der Waals surface area (Å²) in [6.45, 7) is 4.11. The number of amides is 3. The molecule has 5 N–H and O–H groups in total. The largest absolute Gasteiger partial charge is 0.395 e. The lowest BCUT2D eigenvalue weighted by Gasteiger charge is -2.33. The van der Waals surface area contributed by atoms with E-state index in [-0.39, 0.29) is 40.7 Å². The fraction of sp³-hybridized carbons (Fsp3) is 0.478. The van der Waals surface area contributed by atoms with Crippen LogP contribution in [0.5, 0.6) is 0 Å². The fourth-order valence-corrected chi connectivity index (χ4v) is 5.04. The first kappa shape index (κ1) is 25.0. The zero-order chi connectivity index (χ0) is 24.1. The van der Waals surface area contributed by atoms with Gasteiger partial charge in [-0.3, -0.25) is 14.4 Å². The van der Waals surface area contributed by atoms with Crippen molar-refractivity contribution in [2.45, 2.75) is 64.6 Å². The van der Waals surface area contributed by atoms with Crippen LogP contribution in [0.1, 0.15) is 71.7 Å². The zero-order valence-corrected chi connectivity index (χ0v) is 20.4. The third kappa shape index (κ3) is 6.03. The van der Waals surface area contributed by atoms with Crippen molar-refractivity contribution in [3.05, 3.63) is 45.4 Å². The second-order valence-corrected chi connectivity index (χ2v) is 9.98. The van der Waals surface area contributed by atoms with Gasteiger partial charge in [-0.1, -0.05) is 56.5 Å². The number of anilines is 1. The number of carbonyl (C=O) groups excluding carboxylic acids is 3. The van der Waals surface area contributed by atoms with Gasteiger partial charge in [-0.05, 0) is 48.3 Å². The van der Waals surface area contributed by atoms with Crippen molar-refractivity contribution < 1.29 is 14.4 Å². The molecule has 2 aromatic rings. The van der Waals surface area contributed by atoms with Crippen LogP contribution in [0.15, 0.2) is 24.3 Å². The van der Waals surface area contributed by atoms with Gasteiger partial charge in [0.25, 0.3) is 11.8 Å². The number of nitrogens with zero attached hydrogens (tertiary/aromatic N) is 2.